The molecule has 0 saturated heterocycles. The van der Waals surface area contributed by atoms with Gasteiger partial charge in [0.25, 0.3) is 11.8 Å². The van der Waals surface area contributed by atoms with E-state index in [2.05, 4.69) is 17.6 Å². The summed E-state index contributed by atoms with van der Waals surface area (Å²) in [7, 11) is 0. The molecule has 2 aliphatic carbocycles. The molecule has 2 aromatic rings. The van der Waals surface area contributed by atoms with E-state index in [1.54, 1.807) is 24.3 Å². The maximum Gasteiger partial charge on any atom is 0.291 e. The summed E-state index contributed by atoms with van der Waals surface area (Å²) < 4.78 is 5.13. The molecule has 2 amide bonds. The molecule has 142 valence electrons. The lowest BCUT2D eigenvalue weighted by Crippen LogP contribution is -2.40. The highest BCUT2D eigenvalue weighted by atomic mass is 16.3. The first-order valence-electron chi connectivity index (χ1n) is 9.77. The number of carbonyl (C=O) groups excluding carboxylic acids is 2. The predicted octanol–water partition coefficient (Wildman–Crippen LogP) is 4.39. The Balaban J connectivity index is 1.43. The van der Waals surface area contributed by atoms with Crippen molar-refractivity contribution in [2.75, 3.05) is 5.32 Å². The van der Waals surface area contributed by atoms with E-state index in [-0.39, 0.29) is 23.6 Å². The highest BCUT2D eigenvalue weighted by Crippen LogP contribution is 2.49. The smallest absolute Gasteiger partial charge is 0.291 e. The van der Waals surface area contributed by atoms with Gasteiger partial charge in [0.05, 0.1) is 6.26 Å². The van der Waals surface area contributed by atoms with Gasteiger partial charge >= 0.3 is 0 Å². The first-order valence-corrected chi connectivity index (χ1v) is 9.77. The van der Waals surface area contributed by atoms with Crippen molar-refractivity contribution >= 4 is 17.5 Å². The van der Waals surface area contributed by atoms with E-state index in [0.29, 0.717) is 17.2 Å². The van der Waals surface area contributed by atoms with Crippen LogP contribution in [0.25, 0.3) is 0 Å². The van der Waals surface area contributed by atoms with E-state index in [0.717, 1.165) is 17.4 Å². The number of hydrogen-bond acceptors (Lipinski definition) is 3. The van der Waals surface area contributed by atoms with E-state index in [1.807, 2.05) is 13.0 Å². The number of furan rings is 1. The average Bonchev–Trinajstić information content (AvgIpc) is 3.41. The van der Waals surface area contributed by atoms with Crippen molar-refractivity contribution in [3.05, 3.63) is 53.5 Å². The quantitative estimate of drug-likeness (QED) is 0.824. The molecule has 5 heteroatoms. The van der Waals surface area contributed by atoms with Crippen LogP contribution in [0.3, 0.4) is 0 Å². The van der Waals surface area contributed by atoms with Gasteiger partial charge in [0, 0.05) is 17.3 Å². The Morgan fingerprint density at radius 3 is 2.67 bits per heavy atom. The molecule has 2 bridgehead atoms. The second kappa shape index (κ2) is 7.22. The summed E-state index contributed by atoms with van der Waals surface area (Å²) >= 11 is 0. The van der Waals surface area contributed by atoms with Crippen LogP contribution in [0, 0.1) is 24.7 Å². The number of aryl methyl sites for hydroxylation is 1. The second-order valence-electron chi connectivity index (χ2n) is 8.06. The van der Waals surface area contributed by atoms with Gasteiger partial charge in [-0.1, -0.05) is 12.5 Å². The van der Waals surface area contributed by atoms with E-state index in [9.17, 15) is 9.59 Å². The molecular weight excluding hydrogens is 340 g/mol. The number of amides is 2. The van der Waals surface area contributed by atoms with Gasteiger partial charge in [0.2, 0.25) is 0 Å². The summed E-state index contributed by atoms with van der Waals surface area (Å²) in [5.41, 5.74) is 2.08. The van der Waals surface area contributed by atoms with E-state index in [1.165, 1.54) is 31.9 Å². The lowest BCUT2D eigenvalue weighted by molar-refractivity contribution is 0.0914. The van der Waals surface area contributed by atoms with Crippen molar-refractivity contribution in [2.24, 2.45) is 17.8 Å². The summed E-state index contributed by atoms with van der Waals surface area (Å²) in [4.78, 5) is 25.0. The zero-order valence-electron chi connectivity index (χ0n) is 15.8. The fourth-order valence-corrected chi connectivity index (χ4v) is 4.79. The number of rotatable bonds is 5. The molecular formula is C22H26N2O3. The largest absolute Gasteiger partial charge is 0.459 e. The SMILES string of the molecule is Cc1ccc(C(=O)NC(C)C2CC3CCC2C3)cc1NC(=O)c1ccco1. The molecule has 0 aliphatic heterocycles. The minimum atomic E-state index is -0.323. The lowest BCUT2D eigenvalue weighted by Gasteiger charge is -2.28. The summed E-state index contributed by atoms with van der Waals surface area (Å²) in [6, 6.07) is 8.85. The molecule has 5 nitrogen and oxygen atoms in total. The molecule has 2 aliphatic rings. The molecule has 0 spiro atoms. The summed E-state index contributed by atoms with van der Waals surface area (Å²) in [6.07, 6.45) is 6.70. The van der Waals surface area contributed by atoms with Crippen LogP contribution in [0.2, 0.25) is 0 Å². The van der Waals surface area contributed by atoms with Gasteiger partial charge in [0.15, 0.2) is 5.76 Å². The van der Waals surface area contributed by atoms with Gasteiger partial charge in [-0.3, -0.25) is 9.59 Å². The highest BCUT2D eigenvalue weighted by molar-refractivity contribution is 6.03. The minimum absolute atomic E-state index is 0.0845. The maximum atomic E-state index is 12.8. The van der Waals surface area contributed by atoms with E-state index in [4.69, 9.17) is 4.42 Å². The number of anilines is 1. The normalized spacial score (nSPS) is 24.6. The van der Waals surface area contributed by atoms with Crippen LogP contribution in [-0.2, 0) is 0 Å². The van der Waals surface area contributed by atoms with Gasteiger partial charge in [-0.15, -0.1) is 0 Å². The van der Waals surface area contributed by atoms with E-state index < -0.39 is 0 Å². The fourth-order valence-electron chi connectivity index (χ4n) is 4.79. The first-order chi connectivity index (χ1) is 13.0. The van der Waals surface area contributed by atoms with Crippen LogP contribution >= 0.6 is 0 Å². The van der Waals surface area contributed by atoms with Gasteiger partial charge in [-0.25, -0.2) is 0 Å². The highest BCUT2D eigenvalue weighted by Gasteiger charge is 2.42. The number of benzene rings is 1. The zero-order chi connectivity index (χ0) is 19.0. The van der Waals surface area contributed by atoms with Crippen molar-refractivity contribution in [1.82, 2.24) is 5.32 Å². The van der Waals surface area contributed by atoms with Crippen molar-refractivity contribution in [1.29, 1.82) is 0 Å². The molecule has 1 aromatic carbocycles. The Hall–Kier alpha value is -2.56. The van der Waals surface area contributed by atoms with Crippen molar-refractivity contribution in [3.8, 4) is 0 Å². The van der Waals surface area contributed by atoms with Crippen LogP contribution in [-0.4, -0.2) is 17.9 Å². The van der Waals surface area contributed by atoms with Crippen LogP contribution in [0.5, 0.6) is 0 Å². The number of nitrogens with one attached hydrogen (secondary N) is 2. The molecule has 1 heterocycles. The standard InChI is InChI=1S/C22H26N2O3/c1-13-5-7-17(12-19(13)24-22(26)20-4-3-9-27-20)21(25)23-14(2)18-11-15-6-8-16(18)10-15/h3-5,7,9,12,14-16,18H,6,8,10-11H2,1-2H3,(H,23,25)(H,24,26). The molecule has 27 heavy (non-hydrogen) atoms. The molecule has 4 unspecified atom stereocenters. The third-order valence-corrected chi connectivity index (χ3v) is 6.29. The first kappa shape index (κ1) is 17.8. The third-order valence-electron chi connectivity index (χ3n) is 6.29. The van der Waals surface area contributed by atoms with Crippen molar-refractivity contribution < 1.29 is 14.0 Å². The molecule has 4 atom stereocenters. The molecule has 2 fully saturated rings. The van der Waals surface area contributed by atoms with Gasteiger partial charge in [-0.2, -0.15) is 0 Å². The Labute approximate surface area is 159 Å². The molecule has 1 aromatic heterocycles. The Morgan fingerprint density at radius 2 is 2.00 bits per heavy atom. The Kier molecular flexibility index (Phi) is 4.77. The van der Waals surface area contributed by atoms with Gasteiger partial charge in [0.1, 0.15) is 0 Å². The predicted molar refractivity (Wildman–Crippen MR) is 104 cm³/mol. The summed E-state index contributed by atoms with van der Waals surface area (Å²) in [6.45, 7) is 4.02. The van der Waals surface area contributed by atoms with Crippen LogP contribution < -0.4 is 10.6 Å². The molecule has 2 N–H and O–H groups in total. The monoisotopic (exact) mass is 366 g/mol. The zero-order valence-corrected chi connectivity index (χ0v) is 15.8. The molecule has 0 radical (unpaired) electrons. The van der Waals surface area contributed by atoms with Crippen LogP contribution in [0.4, 0.5) is 5.69 Å². The average molecular weight is 366 g/mol. The van der Waals surface area contributed by atoms with Crippen molar-refractivity contribution in [3.63, 3.8) is 0 Å². The summed E-state index contributed by atoms with van der Waals surface area (Å²) in [5, 5.41) is 6.01. The molecule has 2 saturated carbocycles. The van der Waals surface area contributed by atoms with Crippen LogP contribution in [0.1, 0.15) is 59.1 Å². The Morgan fingerprint density at radius 1 is 1.15 bits per heavy atom. The van der Waals surface area contributed by atoms with E-state index >= 15 is 0 Å². The van der Waals surface area contributed by atoms with Crippen molar-refractivity contribution in [2.45, 2.75) is 45.6 Å². The second-order valence-corrected chi connectivity index (χ2v) is 8.06. The third kappa shape index (κ3) is 3.64. The lowest BCUT2D eigenvalue weighted by atomic mass is 9.84. The number of carbonyl (C=O) groups is 2. The fraction of sp³-hybridized carbons (Fsp3) is 0.455. The number of fused-ring (bicyclic) bond motifs is 2. The van der Waals surface area contributed by atoms with Crippen LogP contribution in [0.15, 0.2) is 41.0 Å². The minimum Gasteiger partial charge on any atom is -0.459 e. The summed E-state index contributed by atoms with van der Waals surface area (Å²) in [5.74, 6) is 2.06. The van der Waals surface area contributed by atoms with Gasteiger partial charge < -0.3 is 15.1 Å². The van der Waals surface area contributed by atoms with Gasteiger partial charge in [-0.05, 0) is 80.7 Å². The number of hydrogen-bond donors (Lipinski definition) is 2. The topological polar surface area (TPSA) is 71.3 Å². The Bertz CT molecular complexity index is 843. The molecule has 4 rings (SSSR count). The maximum absolute atomic E-state index is 12.8.